The van der Waals surface area contributed by atoms with Crippen molar-refractivity contribution in [3.63, 3.8) is 0 Å². The van der Waals surface area contributed by atoms with Gasteiger partial charge in [-0.3, -0.25) is 11.3 Å². The molecule has 3 N–H and O–H groups in total. The van der Waals surface area contributed by atoms with Gasteiger partial charge in [-0.1, -0.05) is 6.07 Å². The molecule has 0 fully saturated rings. The monoisotopic (exact) mass is 238 g/mol. The Bertz CT molecular complexity index is 485. The average Bonchev–Trinajstić information content (AvgIpc) is 2.82. The normalized spacial score (nSPS) is 12.6. The lowest BCUT2D eigenvalue weighted by Gasteiger charge is -2.15. The van der Waals surface area contributed by atoms with Crippen molar-refractivity contribution in [2.24, 2.45) is 5.84 Å². The van der Waals surface area contributed by atoms with Crippen molar-refractivity contribution in [3.8, 4) is 0 Å². The van der Waals surface area contributed by atoms with Gasteiger partial charge in [0.25, 0.3) is 0 Å². The summed E-state index contributed by atoms with van der Waals surface area (Å²) in [6, 6.07) is 6.93. The van der Waals surface area contributed by atoms with Gasteiger partial charge in [0.1, 0.15) is 5.76 Å². The van der Waals surface area contributed by atoms with Crippen LogP contribution in [0.3, 0.4) is 0 Å². The van der Waals surface area contributed by atoms with E-state index in [1.54, 1.807) is 18.4 Å². The summed E-state index contributed by atoms with van der Waals surface area (Å²) < 4.78 is 31.1. The number of hydrogen-bond acceptors (Lipinski definition) is 3. The van der Waals surface area contributed by atoms with Crippen molar-refractivity contribution >= 4 is 0 Å². The molecule has 1 aromatic heterocycles. The third-order valence-electron chi connectivity index (χ3n) is 2.53. The minimum Gasteiger partial charge on any atom is -0.469 e. The molecule has 90 valence electrons. The Labute approximate surface area is 97.2 Å². The van der Waals surface area contributed by atoms with Crippen LogP contribution in [0.4, 0.5) is 8.78 Å². The largest absolute Gasteiger partial charge is 0.469 e. The van der Waals surface area contributed by atoms with Gasteiger partial charge in [-0.25, -0.2) is 8.78 Å². The fourth-order valence-electron chi connectivity index (χ4n) is 1.63. The highest BCUT2D eigenvalue weighted by molar-refractivity contribution is 5.22. The highest BCUT2D eigenvalue weighted by Crippen LogP contribution is 2.20. The Morgan fingerprint density at radius 2 is 2.06 bits per heavy atom. The second-order valence-corrected chi connectivity index (χ2v) is 3.68. The van der Waals surface area contributed by atoms with Crippen molar-refractivity contribution in [2.75, 3.05) is 0 Å². The van der Waals surface area contributed by atoms with Crippen LogP contribution in [-0.4, -0.2) is 0 Å². The number of nitrogens with two attached hydrogens (primary N) is 1. The van der Waals surface area contributed by atoms with Gasteiger partial charge in [0, 0.05) is 6.42 Å². The van der Waals surface area contributed by atoms with Crippen molar-refractivity contribution in [1.82, 2.24) is 5.43 Å². The predicted octanol–water partition coefficient (Wildman–Crippen LogP) is 2.30. The molecule has 1 heterocycles. The van der Waals surface area contributed by atoms with Crippen LogP contribution in [0.2, 0.25) is 0 Å². The first-order valence-electron chi connectivity index (χ1n) is 5.14. The van der Waals surface area contributed by atoms with Crippen LogP contribution < -0.4 is 11.3 Å². The van der Waals surface area contributed by atoms with E-state index in [0.717, 1.165) is 17.9 Å². The summed E-state index contributed by atoms with van der Waals surface area (Å²) in [5.41, 5.74) is 3.13. The van der Waals surface area contributed by atoms with Gasteiger partial charge in [-0.2, -0.15) is 0 Å². The van der Waals surface area contributed by atoms with Crippen molar-refractivity contribution < 1.29 is 13.2 Å². The molecule has 1 aromatic carbocycles. The summed E-state index contributed by atoms with van der Waals surface area (Å²) in [5.74, 6) is 4.36. The first-order valence-corrected chi connectivity index (χ1v) is 5.14. The van der Waals surface area contributed by atoms with E-state index in [4.69, 9.17) is 10.3 Å². The van der Waals surface area contributed by atoms with Crippen LogP contribution in [0.25, 0.3) is 0 Å². The molecule has 2 rings (SSSR count). The van der Waals surface area contributed by atoms with Crippen molar-refractivity contribution in [2.45, 2.75) is 12.5 Å². The predicted molar refractivity (Wildman–Crippen MR) is 58.8 cm³/mol. The molecule has 1 atom stereocenters. The molecule has 2 aromatic rings. The highest BCUT2D eigenvalue weighted by Gasteiger charge is 2.14. The number of hydrazine groups is 1. The molecule has 17 heavy (non-hydrogen) atoms. The van der Waals surface area contributed by atoms with Gasteiger partial charge in [0.2, 0.25) is 0 Å². The van der Waals surface area contributed by atoms with E-state index in [2.05, 4.69) is 5.43 Å². The summed E-state index contributed by atoms with van der Waals surface area (Å²) in [4.78, 5) is 0. The van der Waals surface area contributed by atoms with E-state index in [1.807, 2.05) is 0 Å². The zero-order valence-electron chi connectivity index (χ0n) is 8.99. The minimum absolute atomic E-state index is 0.323. The number of nitrogens with one attached hydrogen (secondary N) is 1. The first-order chi connectivity index (χ1) is 8.20. The van der Waals surface area contributed by atoms with Crippen LogP contribution in [-0.2, 0) is 6.42 Å². The Balaban J connectivity index is 2.20. The summed E-state index contributed by atoms with van der Waals surface area (Å²) in [7, 11) is 0. The van der Waals surface area contributed by atoms with E-state index >= 15 is 0 Å². The third kappa shape index (κ3) is 2.69. The van der Waals surface area contributed by atoms with E-state index in [0.29, 0.717) is 12.0 Å². The van der Waals surface area contributed by atoms with Crippen molar-refractivity contribution in [3.05, 3.63) is 59.6 Å². The Morgan fingerprint density at radius 3 is 2.65 bits per heavy atom. The van der Waals surface area contributed by atoms with Gasteiger partial charge in [0.05, 0.1) is 12.3 Å². The summed E-state index contributed by atoms with van der Waals surface area (Å²) in [6.07, 6.45) is 2.02. The zero-order chi connectivity index (χ0) is 12.3. The molecule has 0 aliphatic heterocycles. The van der Waals surface area contributed by atoms with Crippen LogP contribution in [0.5, 0.6) is 0 Å². The summed E-state index contributed by atoms with van der Waals surface area (Å²) >= 11 is 0. The van der Waals surface area contributed by atoms with Crippen LogP contribution >= 0.6 is 0 Å². The first kappa shape index (κ1) is 11.8. The van der Waals surface area contributed by atoms with E-state index in [9.17, 15) is 8.78 Å². The molecule has 0 amide bonds. The number of hydrogen-bond donors (Lipinski definition) is 2. The smallest absolute Gasteiger partial charge is 0.159 e. The molecule has 5 heteroatoms. The molecule has 0 saturated heterocycles. The molecule has 3 nitrogen and oxygen atoms in total. The standard InChI is InChI=1S/C12H12F2N2O/c13-10-4-3-8(6-11(10)14)12(16-15)7-9-2-1-5-17-9/h1-6,12,16H,7,15H2. The molecule has 0 spiro atoms. The Morgan fingerprint density at radius 1 is 1.24 bits per heavy atom. The van der Waals surface area contributed by atoms with E-state index in [1.165, 1.54) is 6.07 Å². The van der Waals surface area contributed by atoms with E-state index < -0.39 is 11.6 Å². The van der Waals surface area contributed by atoms with Gasteiger partial charge < -0.3 is 4.42 Å². The van der Waals surface area contributed by atoms with Crippen LogP contribution in [0.15, 0.2) is 41.0 Å². The molecule has 1 unspecified atom stereocenters. The number of furan rings is 1. The lowest BCUT2D eigenvalue weighted by Crippen LogP contribution is -2.29. The minimum atomic E-state index is -0.887. The maximum atomic E-state index is 13.1. The maximum absolute atomic E-state index is 13.1. The number of halogens is 2. The maximum Gasteiger partial charge on any atom is 0.159 e. The summed E-state index contributed by atoms with van der Waals surface area (Å²) in [6.45, 7) is 0. The Kier molecular flexibility index (Phi) is 3.51. The van der Waals surface area contributed by atoms with Gasteiger partial charge in [-0.05, 0) is 29.8 Å². The molecule has 0 aliphatic rings. The lowest BCUT2D eigenvalue weighted by molar-refractivity contribution is 0.450. The second-order valence-electron chi connectivity index (χ2n) is 3.68. The molecule has 0 bridgehead atoms. The van der Waals surface area contributed by atoms with Gasteiger partial charge in [-0.15, -0.1) is 0 Å². The van der Waals surface area contributed by atoms with Crippen LogP contribution in [0, 0.1) is 11.6 Å². The second kappa shape index (κ2) is 5.07. The van der Waals surface area contributed by atoms with Crippen molar-refractivity contribution in [1.29, 1.82) is 0 Å². The molecular formula is C12H12F2N2O. The topological polar surface area (TPSA) is 51.2 Å². The quantitative estimate of drug-likeness (QED) is 0.634. The van der Waals surface area contributed by atoms with Gasteiger partial charge in [0.15, 0.2) is 11.6 Å². The van der Waals surface area contributed by atoms with E-state index in [-0.39, 0.29) is 6.04 Å². The summed E-state index contributed by atoms with van der Waals surface area (Å²) in [5, 5.41) is 0. The fourth-order valence-corrected chi connectivity index (χ4v) is 1.63. The zero-order valence-corrected chi connectivity index (χ0v) is 8.99. The number of rotatable bonds is 4. The average molecular weight is 238 g/mol. The molecule has 0 aliphatic carbocycles. The third-order valence-corrected chi connectivity index (χ3v) is 2.53. The molecule has 0 radical (unpaired) electrons. The Hall–Kier alpha value is -1.72. The highest BCUT2D eigenvalue weighted by atomic mass is 19.2. The molecular weight excluding hydrogens is 226 g/mol. The fraction of sp³-hybridized carbons (Fsp3) is 0.167. The molecule has 0 saturated carbocycles. The van der Waals surface area contributed by atoms with Crippen LogP contribution in [0.1, 0.15) is 17.4 Å². The van der Waals surface area contributed by atoms with Gasteiger partial charge >= 0.3 is 0 Å². The SMILES string of the molecule is NNC(Cc1ccco1)c1ccc(F)c(F)c1. The lowest BCUT2D eigenvalue weighted by atomic mass is 10.0. The number of benzene rings is 1.